The molecule has 2 amide bonds. The van der Waals surface area contributed by atoms with Gasteiger partial charge in [-0.3, -0.25) is 9.59 Å². The van der Waals surface area contributed by atoms with E-state index in [1.54, 1.807) is 0 Å². The average Bonchev–Trinajstić information content (AvgIpc) is 3.87. The molecule has 344 valence electrons. The molecule has 0 saturated heterocycles. The Morgan fingerprint density at radius 3 is 1.23 bits per heavy atom. The van der Waals surface area contributed by atoms with Crippen molar-refractivity contribution >= 4 is 47.0 Å². The molecule has 0 spiro atoms. The third-order valence-corrected chi connectivity index (χ3v) is 10.9. The molecule has 0 unspecified atom stereocenters. The fourth-order valence-corrected chi connectivity index (χ4v) is 7.92. The molecule has 2 fully saturated rings. The van der Waals surface area contributed by atoms with Gasteiger partial charge in [-0.25, -0.2) is 29.5 Å². The Labute approximate surface area is 365 Å². The first kappa shape index (κ1) is 48.7. The summed E-state index contributed by atoms with van der Waals surface area (Å²) in [7, 11) is 0. The number of aromatic carboxylic acids is 2. The Balaban J connectivity index is 0.000000241. The maximum Gasteiger partial charge on any atom is 0.419 e. The zero-order chi connectivity index (χ0) is 46.9. The lowest BCUT2D eigenvalue weighted by atomic mass is 9.89. The van der Waals surface area contributed by atoms with Crippen LogP contribution in [0.2, 0.25) is 0 Å². The van der Waals surface area contributed by atoms with Gasteiger partial charge in [-0.2, -0.15) is 26.3 Å². The van der Waals surface area contributed by atoms with Crippen molar-refractivity contribution < 1.29 is 55.7 Å². The van der Waals surface area contributed by atoms with E-state index in [9.17, 15) is 45.5 Å². The lowest BCUT2D eigenvalue weighted by Crippen LogP contribution is -2.37. The van der Waals surface area contributed by atoms with Crippen LogP contribution in [0.5, 0.6) is 0 Å². The summed E-state index contributed by atoms with van der Waals surface area (Å²) in [6.45, 7) is 7.37. The Hall–Kier alpha value is -6.34. The highest BCUT2D eigenvalue weighted by Crippen LogP contribution is 2.40. The van der Waals surface area contributed by atoms with Gasteiger partial charge < -0.3 is 31.5 Å². The maximum absolute atomic E-state index is 13.6. The highest BCUT2D eigenvalue weighted by Gasteiger charge is 2.40. The number of halogens is 6. The number of nitrogens with one attached hydrogen (secondary N) is 4. The van der Waals surface area contributed by atoms with E-state index in [1.165, 1.54) is 48.5 Å². The Morgan fingerprint density at radius 1 is 0.594 bits per heavy atom. The predicted octanol–water partition coefficient (Wildman–Crippen LogP) is 8.84. The SMILES string of the molecule is CC(C)NC(=O)[C@@H]1CCC[C@@H]1Cc1nc(Nc2ccc(C(=O)O)cc2)ncc1C(F)(F)F.CC(C)NC(=O)[C@H]1CCC[C@H]1Cc1nc(Nc2ccc(C(=O)O)cc2)ncc1C(F)(F)F. The molecule has 2 saturated carbocycles. The van der Waals surface area contributed by atoms with Gasteiger partial charge >= 0.3 is 24.3 Å². The first-order valence-electron chi connectivity index (χ1n) is 20.8. The van der Waals surface area contributed by atoms with Crippen molar-refractivity contribution in [2.45, 2.75) is 103 Å². The number of benzene rings is 2. The van der Waals surface area contributed by atoms with Crippen molar-refractivity contribution in [1.82, 2.24) is 30.6 Å². The van der Waals surface area contributed by atoms with Crippen molar-refractivity contribution in [2.75, 3.05) is 10.6 Å². The molecule has 4 aromatic rings. The van der Waals surface area contributed by atoms with Gasteiger partial charge in [0.1, 0.15) is 0 Å². The Morgan fingerprint density at radius 2 is 0.938 bits per heavy atom. The second-order valence-electron chi connectivity index (χ2n) is 16.4. The molecule has 64 heavy (non-hydrogen) atoms. The van der Waals surface area contributed by atoms with Gasteiger partial charge in [0.15, 0.2) is 0 Å². The monoisotopic (exact) mass is 900 g/mol. The third-order valence-electron chi connectivity index (χ3n) is 10.9. The van der Waals surface area contributed by atoms with Crippen LogP contribution >= 0.6 is 0 Å². The number of carboxylic acids is 2. The number of carbonyl (C=O) groups is 4. The largest absolute Gasteiger partial charge is 0.478 e. The maximum atomic E-state index is 13.6. The molecule has 14 nitrogen and oxygen atoms in total. The Kier molecular flexibility index (Phi) is 15.9. The van der Waals surface area contributed by atoms with Gasteiger partial charge in [0, 0.05) is 47.7 Å². The molecule has 20 heteroatoms. The number of amides is 2. The minimum absolute atomic E-state index is 0.0141. The molecule has 4 atom stereocenters. The summed E-state index contributed by atoms with van der Waals surface area (Å²) in [5, 5.41) is 29.3. The zero-order valence-corrected chi connectivity index (χ0v) is 35.5. The summed E-state index contributed by atoms with van der Waals surface area (Å²) in [6, 6.07) is 11.3. The molecule has 2 aliphatic carbocycles. The van der Waals surface area contributed by atoms with E-state index in [2.05, 4.69) is 41.2 Å². The molecule has 2 aromatic heterocycles. The molecule has 0 bridgehead atoms. The molecular weight excluding hydrogens is 851 g/mol. The van der Waals surface area contributed by atoms with Gasteiger partial charge in [0.25, 0.3) is 0 Å². The first-order chi connectivity index (χ1) is 30.1. The van der Waals surface area contributed by atoms with E-state index in [1.807, 2.05) is 27.7 Å². The summed E-state index contributed by atoms with van der Waals surface area (Å²) < 4.78 is 81.6. The lowest BCUT2D eigenvalue weighted by Gasteiger charge is -2.22. The Bertz CT molecular complexity index is 2110. The molecule has 6 N–H and O–H groups in total. The second-order valence-corrected chi connectivity index (χ2v) is 16.4. The smallest absolute Gasteiger partial charge is 0.419 e. The minimum Gasteiger partial charge on any atom is -0.478 e. The molecule has 6 rings (SSSR count). The second kappa shape index (κ2) is 20.9. The number of carboxylic acid groups (broad SMARTS) is 2. The normalized spacial score (nSPS) is 18.6. The van der Waals surface area contributed by atoms with E-state index in [0.29, 0.717) is 37.1 Å². The third kappa shape index (κ3) is 13.3. The highest BCUT2D eigenvalue weighted by molar-refractivity contribution is 5.88. The van der Waals surface area contributed by atoms with Crippen LogP contribution in [0.4, 0.5) is 49.6 Å². The predicted molar refractivity (Wildman–Crippen MR) is 223 cm³/mol. The zero-order valence-electron chi connectivity index (χ0n) is 35.5. The minimum atomic E-state index is -4.62. The van der Waals surface area contributed by atoms with Gasteiger partial charge in [-0.1, -0.05) is 12.8 Å². The molecule has 2 aliphatic rings. The molecule has 0 aliphatic heterocycles. The van der Waals surface area contributed by atoms with Crippen molar-refractivity contribution in [2.24, 2.45) is 23.7 Å². The summed E-state index contributed by atoms with van der Waals surface area (Å²) >= 11 is 0. The van der Waals surface area contributed by atoms with Crippen molar-refractivity contribution in [3.8, 4) is 0 Å². The summed E-state index contributed by atoms with van der Waals surface area (Å²) in [5.41, 5.74) is -1.12. The van der Waals surface area contributed by atoms with Crippen LogP contribution in [0, 0.1) is 23.7 Å². The van der Waals surface area contributed by atoms with Crippen LogP contribution in [0.25, 0.3) is 0 Å². The van der Waals surface area contributed by atoms with E-state index < -0.39 is 35.4 Å². The summed E-state index contributed by atoms with van der Waals surface area (Å²) in [4.78, 5) is 62.7. The molecule has 2 heterocycles. The van der Waals surface area contributed by atoms with Crippen molar-refractivity contribution in [3.63, 3.8) is 0 Å². The quantitative estimate of drug-likeness (QED) is 0.0656. The standard InChI is InChI=1S/2C22H25F3N4O3/c2*1-12(2)27-19(30)16-5-3-4-14(16)10-18-17(22(23,24)25)11-26-21(29-18)28-15-8-6-13(7-9-15)20(31)32/h2*6-9,11-12,14,16H,3-5,10H2,1-2H3,(H,27,30)(H,31,32)(H,26,28,29)/t2*14-,16-/m10/s1. The number of carbonyl (C=O) groups excluding carboxylic acids is 2. The fourth-order valence-electron chi connectivity index (χ4n) is 7.92. The van der Waals surface area contributed by atoms with Crippen LogP contribution in [0.1, 0.15) is 109 Å². The first-order valence-corrected chi connectivity index (χ1v) is 20.8. The number of nitrogens with zero attached hydrogens (tertiary/aromatic N) is 4. The summed E-state index contributed by atoms with van der Waals surface area (Å²) in [5.74, 6) is -3.70. The van der Waals surface area contributed by atoms with E-state index in [4.69, 9.17) is 10.2 Å². The number of rotatable bonds is 14. The van der Waals surface area contributed by atoms with Crippen LogP contribution < -0.4 is 21.3 Å². The number of anilines is 4. The average molecular weight is 901 g/mol. The number of hydrogen-bond acceptors (Lipinski definition) is 10. The fraction of sp³-hybridized carbons (Fsp3) is 0.455. The highest BCUT2D eigenvalue weighted by atomic mass is 19.4. The van der Waals surface area contributed by atoms with E-state index >= 15 is 0 Å². The van der Waals surface area contributed by atoms with Gasteiger partial charge in [0.2, 0.25) is 23.7 Å². The van der Waals surface area contributed by atoms with Gasteiger partial charge in [-0.05, 0) is 127 Å². The topological polar surface area (TPSA) is 208 Å². The van der Waals surface area contributed by atoms with Crippen molar-refractivity contribution in [3.05, 3.63) is 94.6 Å². The van der Waals surface area contributed by atoms with Crippen molar-refractivity contribution in [1.29, 1.82) is 0 Å². The van der Waals surface area contributed by atoms with Crippen LogP contribution in [-0.2, 0) is 34.8 Å². The lowest BCUT2D eigenvalue weighted by molar-refractivity contribution is -0.139. The molecule has 2 aromatic carbocycles. The van der Waals surface area contributed by atoms with E-state index in [0.717, 1.165) is 25.2 Å². The van der Waals surface area contributed by atoms with E-state index in [-0.39, 0.29) is 94.8 Å². The molecule has 0 radical (unpaired) electrons. The number of alkyl halides is 6. The van der Waals surface area contributed by atoms with Gasteiger partial charge in [-0.15, -0.1) is 0 Å². The van der Waals surface area contributed by atoms with Crippen LogP contribution in [0.3, 0.4) is 0 Å². The van der Waals surface area contributed by atoms with Crippen LogP contribution in [-0.4, -0.2) is 66.0 Å². The summed E-state index contributed by atoms with van der Waals surface area (Å²) in [6.07, 6.45) is -3.61. The van der Waals surface area contributed by atoms with Gasteiger partial charge in [0.05, 0.1) is 33.6 Å². The molecular formula is C44H50F6N8O6. The van der Waals surface area contributed by atoms with Crippen LogP contribution in [0.15, 0.2) is 60.9 Å². The number of aromatic nitrogens is 4. The number of hydrogen-bond donors (Lipinski definition) is 6.